The van der Waals surface area contributed by atoms with Crippen molar-refractivity contribution in [3.8, 4) is 6.07 Å². The van der Waals surface area contributed by atoms with Gasteiger partial charge >= 0.3 is 0 Å². The van der Waals surface area contributed by atoms with E-state index in [1.54, 1.807) is 23.5 Å². The highest BCUT2D eigenvalue weighted by atomic mass is 32.2. The fraction of sp³-hybridized carbons (Fsp3) is 0.593. The van der Waals surface area contributed by atoms with Gasteiger partial charge in [-0.05, 0) is 25.7 Å². The van der Waals surface area contributed by atoms with Gasteiger partial charge in [0.1, 0.15) is 23.2 Å². The van der Waals surface area contributed by atoms with Gasteiger partial charge in [-0.15, -0.1) is 23.5 Å². The maximum Gasteiger partial charge on any atom is 0.258 e. The van der Waals surface area contributed by atoms with Gasteiger partial charge in [-0.3, -0.25) is 19.2 Å². The van der Waals surface area contributed by atoms with Crippen molar-refractivity contribution in [3.63, 3.8) is 0 Å². The number of rotatable bonds is 7. The van der Waals surface area contributed by atoms with Gasteiger partial charge in [0.25, 0.3) is 5.91 Å². The van der Waals surface area contributed by atoms with E-state index < -0.39 is 80.0 Å². The van der Waals surface area contributed by atoms with Crippen LogP contribution < -0.4 is 16.0 Å². The molecule has 3 atom stereocenters. The number of nitrogens with zero attached hydrogens (tertiary/aromatic N) is 2. The predicted molar refractivity (Wildman–Crippen MR) is 146 cm³/mol. The summed E-state index contributed by atoms with van der Waals surface area (Å²) in [6.07, 6.45) is 1.70. The summed E-state index contributed by atoms with van der Waals surface area (Å²) in [5, 5.41) is 17.3. The molecule has 1 spiro atoms. The molecule has 3 heterocycles. The Hall–Kier alpha value is -3.06. The highest BCUT2D eigenvalue weighted by molar-refractivity contribution is 8.21. The largest absolute Gasteiger partial charge is 0.356 e. The van der Waals surface area contributed by atoms with Crippen molar-refractivity contribution < 1.29 is 41.1 Å². The highest BCUT2D eigenvalue weighted by Crippen LogP contribution is 2.52. The Balaban J connectivity index is 1.41. The summed E-state index contributed by atoms with van der Waals surface area (Å²) in [6.45, 7) is 0.567. The van der Waals surface area contributed by atoms with Crippen molar-refractivity contribution in [1.29, 1.82) is 5.26 Å². The smallest absolute Gasteiger partial charge is 0.258 e. The Bertz CT molecular complexity index is 1370. The zero-order valence-corrected chi connectivity index (χ0v) is 24.4. The number of amides is 4. The van der Waals surface area contributed by atoms with E-state index in [0.717, 1.165) is 11.5 Å². The molecule has 3 N–H and O–H groups in total. The van der Waals surface area contributed by atoms with Gasteiger partial charge in [-0.1, -0.05) is 12.8 Å². The lowest BCUT2D eigenvalue weighted by Crippen LogP contribution is -2.61. The van der Waals surface area contributed by atoms with Crippen molar-refractivity contribution >= 4 is 47.2 Å². The Morgan fingerprint density at radius 1 is 1.02 bits per heavy atom. The monoisotopic (exact) mass is 645 g/mol. The Morgan fingerprint density at radius 2 is 1.63 bits per heavy atom. The van der Waals surface area contributed by atoms with Crippen LogP contribution in [0.5, 0.6) is 0 Å². The molecule has 1 aromatic carbocycles. The molecule has 5 rings (SSSR count). The molecule has 0 bridgehead atoms. The van der Waals surface area contributed by atoms with Crippen molar-refractivity contribution in [1.82, 2.24) is 20.9 Å². The van der Waals surface area contributed by atoms with E-state index in [-0.39, 0.29) is 38.1 Å². The van der Waals surface area contributed by atoms with E-state index in [4.69, 9.17) is 0 Å². The van der Waals surface area contributed by atoms with E-state index in [1.165, 1.54) is 4.90 Å². The minimum atomic E-state index is -2.41. The van der Waals surface area contributed by atoms with Crippen LogP contribution in [0.3, 0.4) is 0 Å². The normalized spacial score (nSPS) is 24.6. The lowest BCUT2D eigenvalue weighted by atomic mass is 9.93. The van der Waals surface area contributed by atoms with Crippen LogP contribution >= 0.6 is 23.5 Å². The third kappa shape index (κ3) is 5.77. The van der Waals surface area contributed by atoms with Crippen molar-refractivity contribution in [3.05, 3.63) is 34.6 Å². The van der Waals surface area contributed by atoms with E-state index in [2.05, 4.69) is 16.0 Å². The second-order valence-electron chi connectivity index (χ2n) is 11.2. The van der Waals surface area contributed by atoms with Gasteiger partial charge in [0.15, 0.2) is 23.3 Å². The number of nitriles is 1. The molecule has 1 saturated carbocycles. The number of carbonyl (C=O) groups excluding carboxylic acids is 4. The highest BCUT2D eigenvalue weighted by Gasteiger charge is 2.56. The number of thioether (sulfide) groups is 2. The lowest BCUT2D eigenvalue weighted by molar-refractivity contribution is -0.143. The molecule has 4 amide bonds. The molecule has 0 aromatic heterocycles. The van der Waals surface area contributed by atoms with Gasteiger partial charge in [-0.25, -0.2) is 22.0 Å². The third-order valence-electron chi connectivity index (χ3n) is 8.48. The van der Waals surface area contributed by atoms with Crippen LogP contribution in [0.15, 0.2) is 0 Å². The summed E-state index contributed by atoms with van der Waals surface area (Å²) in [5.41, 5.74) is -3.45. The molecule has 3 aliphatic heterocycles. The van der Waals surface area contributed by atoms with Crippen LogP contribution in [-0.4, -0.2) is 74.8 Å². The number of hydrogen-bond donors (Lipinski definition) is 3. The molecule has 9 nitrogen and oxygen atoms in total. The number of hydrogen-bond acceptors (Lipinski definition) is 7. The molecule has 4 fully saturated rings. The second-order valence-corrected chi connectivity index (χ2v) is 14.4. The molecule has 3 saturated heterocycles. The summed E-state index contributed by atoms with van der Waals surface area (Å²) in [6, 6.07) is -0.0760. The van der Waals surface area contributed by atoms with E-state index in [0.29, 0.717) is 25.8 Å². The predicted octanol–water partition coefficient (Wildman–Crippen LogP) is 2.74. The van der Waals surface area contributed by atoms with E-state index in [1.807, 2.05) is 6.07 Å². The first-order valence-corrected chi connectivity index (χ1v) is 15.8. The first-order valence-electron chi connectivity index (χ1n) is 13.8. The van der Waals surface area contributed by atoms with Crippen LogP contribution in [0.2, 0.25) is 0 Å². The molecule has 16 heteroatoms. The van der Waals surface area contributed by atoms with Crippen LogP contribution in [-0.2, 0) is 14.4 Å². The molecule has 232 valence electrons. The van der Waals surface area contributed by atoms with Crippen LogP contribution in [0, 0.1) is 46.3 Å². The average Bonchev–Trinajstić information content (AvgIpc) is 3.80. The van der Waals surface area contributed by atoms with Gasteiger partial charge in [0.05, 0.1) is 10.1 Å². The topological polar surface area (TPSA) is 131 Å². The van der Waals surface area contributed by atoms with Crippen LogP contribution in [0.4, 0.5) is 22.0 Å². The third-order valence-corrected chi connectivity index (χ3v) is 11.9. The molecule has 43 heavy (non-hydrogen) atoms. The standard InChI is InChI=1S/C27H28F5N5O4S2/c28-17-16(18(29)20(31)21(32)19(17)30)24(40)36-26(4-1-2-5-26)25(41)37-12-27(42-7-8-43-27)10-15(37)23(39)35-14(11-33)9-13-3-6-34-22(13)38/h13-15H,1-10,12H2,(H,34,38)(H,35,39)(H,36,40)/t13-,14-,15-/m0/s1. The quantitative estimate of drug-likeness (QED) is 0.236. The molecule has 4 aliphatic rings. The van der Waals surface area contributed by atoms with Crippen molar-refractivity contribution in [2.24, 2.45) is 5.92 Å². The van der Waals surface area contributed by atoms with E-state index in [9.17, 15) is 46.4 Å². The molecular formula is C27H28F5N5O4S2. The first-order chi connectivity index (χ1) is 20.4. The molecule has 0 unspecified atom stereocenters. The van der Waals surface area contributed by atoms with Crippen molar-refractivity contribution in [2.75, 3.05) is 24.6 Å². The number of likely N-dealkylation sites (tertiary alicyclic amines) is 1. The number of benzene rings is 1. The molecule has 0 radical (unpaired) electrons. The summed E-state index contributed by atoms with van der Waals surface area (Å²) in [7, 11) is 0. The maximum absolute atomic E-state index is 14.5. The van der Waals surface area contributed by atoms with Gasteiger partial charge in [0.2, 0.25) is 23.5 Å². The maximum atomic E-state index is 14.5. The summed E-state index contributed by atoms with van der Waals surface area (Å²) in [4.78, 5) is 54.2. The minimum Gasteiger partial charge on any atom is -0.356 e. The van der Waals surface area contributed by atoms with Gasteiger partial charge in [0, 0.05) is 36.9 Å². The Labute approximate surface area is 252 Å². The summed E-state index contributed by atoms with van der Waals surface area (Å²) in [5.74, 6) is -13.7. The zero-order valence-electron chi connectivity index (χ0n) is 22.7. The average molecular weight is 646 g/mol. The van der Waals surface area contributed by atoms with Crippen LogP contribution in [0.1, 0.15) is 55.3 Å². The van der Waals surface area contributed by atoms with Gasteiger partial charge in [-0.2, -0.15) is 5.26 Å². The number of nitrogens with one attached hydrogen (secondary N) is 3. The lowest BCUT2D eigenvalue weighted by Gasteiger charge is -2.36. The second kappa shape index (κ2) is 12.1. The number of halogens is 5. The molecular weight excluding hydrogens is 617 g/mol. The van der Waals surface area contributed by atoms with Gasteiger partial charge < -0.3 is 20.9 Å². The Morgan fingerprint density at radius 3 is 2.19 bits per heavy atom. The zero-order chi connectivity index (χ0) is 31.1. The SMILES string of the molecule is N#C[C@H](C[C@@H]1CCNC1=O)NC(=O)[C@@H]1CC2(CN1C(=O)C1(NC(=O)c3c(F)c(F)c(F)c(F)c3F)CCCC1)SCCS2. The van der Waals surface area contributed by atoms with E-state index >= 15 is 0 Å². The fourth-order valence-electron chi connectivity index (χ4n) is 6.29. The minimum absolute atomic E-state index is 0.0166. The molecule has 1 aliphatic carbocycles. The summed E-state index contributed by atoms with van der Waals surface area (Å²) < 4.78 is 69.7. The molecule has 1 aromatic rings. The van der Waals surface area contributed by atoms with Crippen molar-refractivity contribution in [2.45, 2.75) is 66.6 Å². The number of carbonyl (C=O) groups is 4. The fourth-order valence-corrected chi connectivity index (χ4v) is 9.55. The van der Waals surface area contributed by atoms with Crippen LogP contribution in [0.25, 0.3) is 0 Å². The summed E-state index contributed by atoms with van der Waals surface area (Å²) >= 11 is 3.14. The first kappa shape index (κ1) is 31.4. The Kier molecular flexibility index (Phi) is 8.86.